The summed E-state index contributed by atoms with van der Waals surface area (Å²) < 4.78 is 0. The molecule has 0 aromatic rings. The third kappa shape index (κ3) is 11.4. The van der Waals surface area contributed by atoms with Crippen molar-refractivity contribution >= 4 is 43.7 Å². The molecule has 6 nitrogen and oxygen atoms in total. The Morgan fingerprint density at radius 2 is 1.94 bits per heavy atom. The average Bonchev–Trinajstić information content (AvgIpc) is 2.16. The molecule has 7 heteroatoms. The van der Waals surface area contributed by atoms with Crippen molar-refractivity contribution in [2.75, 3.05) is 19.7 Å². The Labute approximate surface area is 132 Å². The van der Waals surface area contributed by atoms with Crippen LogP contribution < -0.4 is 5.32 Å². The molecule has 0 fully saturated rings. The predicted molar refractivity (Wildman–Crippen MR) is 68.8 cm³/mol. The molecular weight excluding hydrogens is 254 g/mol. The van der Waals surface area contributed by atoms with Crippen molar-refractivity contribution in [3.8, 4) is 0 Å². The molecule has 0 aliphatic heterocycles. The Morgan fingerprint density at radius 3 is 2.35 bits per heavy atom. The number of carboxylic acid groups (broad SMARTS) is 1. The van der Waals surface area contributed by atoms with Crippen LogP contribution in [-0.2, 0) is 4.79 Å². The van der Waals surface area contributed by atoms with Gasteiger partial charge >= 0.3 is 43.7 Å². The van der Waals surface area contributed by atoms with Gasteiger partial charge in [0.2, 0.25) is 0 Å². The van der Waals surface area contributed by atoms with E-state index in [1.54, 1.807) is 13.8 Å². The van der Waals surface area contributed by atoms with Crippen molar-refractivity contribution in [1.29, 1.82) is 0 Å². The molecule has 102 valence electrons. The molecule has 0 spiro atoms. The molecule has 0 bridgehead atoms. The van der Waals surface area contributed by atoms with Crippen LogP contribution in [0.3, 0.4) is 0 Å². The second kappa shape index (κ2) is 11.6. The molecule has 1 unspecified atom stereocenters. The molecular formula is C10H25CaNO5. The number of aliphatic hydroxyl groups excluding tert-OH is 2. The van der Waals surface area contributed by atoms with Gasteiger partial charge in [-0.2, -0.15) is 0 Å². The van der Waals surface area contributed by atoms with E-state index in [4.69, 9.17) is 10.2 Å². The maximum absolute atomic E-state index is 10.2. The summed E-state index contributed by atoms with van der Waals surface area (Å²) in [5, 5.41) is 30.0. The zero-order valence-electron chi connectivity index (χ0n) is 9.86. The minimum atomic E-state index is -0.812. The molecule has 0 rings (SSSR count). The van der Waals surface area contributed by atoms with Crippen molar-refractivity contribution < 1.29 is 25.6 Å². The first kappa shape index (κ1) is 22.7. The molecule has 1 atom stereocenters. The molecule has 0 radical (unpaired) electrons. The van der Waals surface area contributed by atoms with Crippen LogP contribution in [0.1, 0.15) is 26.7 Å². The molecule has 6 N–H and O–H groups in total. The predicted octanol–water partition coefficient (Wildman–Crippen LogP) is -1.92. The monoisotopic (exact) mass is 279 g/mol. The molecule has 0 aliphatic carbocycles. The Hall–Kier alpha value is 0.570. The van der Waals surface area contributed by atoms with Gasteiger partial charge in [-0.3, -0.25) is 4.79 Å². The molecule has 0 aromatic carbocycles. The van der Waals surface area contributed by atoms with Gasteiger partial charge in [-0.1, -0.05) is 13.8 Å². The number of nitrogens with one attached hydrogen (secondary N) is 1. The molecule has 0 amide bonds. The van der Waals surface area contributed by atoms with E-state index >= 15 is 0 Å². The Kier molecular flexibility index (Phi) is 15.6. The van der Waals surface area contributed by atoms with E-state index in [2.05, 4.69) is 5.32 Å². The number of aliphatic hydroxyl groups is 2. The van der Waals surface area contributed by atoms with Crippen LogP contribution in [0.5, 0.6) is 0 Å². The van der Waals surface area contributed by atoms with Gasteiger partial charge in [-0.25, -0.2) is 0 Å². The van der Waals surface area contributed by atoms with E-state index in [1.165, 1.54) is 0 Å². The van der Waals surface area contributed by atoms with Gasteiger partial charge in [0.1, 0.15) is 0 Å². The average molecular weight is 279 g/mol. The first-order valence-electron chi connectivity index (χ1n) is 5.11. The summed E-state index contributed by atoms with van der Waals surface area (Å²) in [5.74, 6) is -0.812. The van der Waals surface area contributed by atoms with Crippen LogP contribution in [0.25, 0.3) is 0 Å². The fraction of sp³-hybridized carbons (Fsp3) is 0.900. The Balaban J connectivity index is -0.000000980. The summed E-state index contributed by atoms with van der Waals surface area (Å²) in [5.41, 5.74) is -0.528. The van der Waals surface area contributed by atoms with Gasteiger partial charge in [-0.05, 0) is 13.0 Å². The molecule has 0 saturated carbocycles. The second-order valence-electron chi connectivity index (χ2n) is 4.36. The third-order valence-electron chi connectivity index (χ3n) is 2.39. The summed E-state index contributed by atoms with van der Waals surface area (Å²) in [4.78, 5) is 10.2. The zero-order chi connectivity index (χ0) is 11.9. The standard InChI is InChI=1S/C10H21NO4.Ca.H2O.2H/c1-10(2,7-12)8(13)6-11-5-3-4-9(14)15;;;;/h8,11-13H,3-7H2,1-2H3,(H,14,15);;1H2;;. The van der Waals surface area contributed by atoms with Crippen LogP contribution in [0.2, 0.25) is 0 Å². The number of aliphatic carboxylic acids is 1. The Morgan fingerprint density at radius 1 is 1.41 bits per heavy atom. The van der Waals surface area contributed by atoms with Gasteiger partial charge < -0.3 is 26.1 Å². The SMILES string of the molecule is CC(C)(CO)C(O)CNCCCC(=O)O.O.[CaH2]. The van der Waals surface area contributed by atoms with E-state index in [0.717, 1.165) is 0 Å². The zero-order valence-corrected chi connectivity index (χ0v) is 9.86. The third-order valence-corrected chi connectivity index (χ3v) is 2.39. The van der Waals surface area contributed by atoms with Crippen molar-refractivity contribution in [1.82, 2.24) is 5.32 Å². The van der Waals surface area contributed by atoms with Crippen LogP contribution in [0, 0.1) is 5.41 Å². The van der Waals surface area contributed by atoms with E-state index in [1.807, 2.05) is 0 Å². The minimum absolute atomic E-state index is 0. The summed E-state index contributed by atoms with van der Waals surface area (Å²) in [6.45, 7) is 4.40. The summed E-state index contributed by atoms with van der Waals surface area (Å²) in [6.07, 6.45) is 0.0426. The van der Waals surface area contributed by atoms with Crippen molar-refractivity contribution in [2.24, 2.45) is 5.41 Å². The summed E-state index contributed by atoms with van der Waals surface area (Å²) in [7, 11) is 0. The van der Waals surface area contributed by atoms with E-state index in [0.29, 0.717) is 19.5 Å². The van der Waals surface area contributed by atoms with Crippen molar-refractivity contribution in [3.63, 3.8) is 0 Å². The van der Waals surface area contributed by atoms with Gasteiger partial charge in [0.25, 0.3) is 0 Å². The van der Waals surface area contributed by atoms with Gasteiger partial charge in [0.05, 0.1) is 12.7 Å². The van der Waals surface area contributed by atoms with Crippen LogP contribution in [0.15, 0.2) is 0 Å². The van der Waals surface area contributed by atoms with Gasteiger partial charge in [0, 0.05) is 18.4 Å². The van der Waals surface area contributed by atoms with E-state index in [-0.39, 0.29) is 56.2 Å². The van der Waals surface area contributed by atoms with Gasteiger partial charge in [-0.15, -0.1) is 0 Å². The van der Waals surface area contributed by atoms with Crippen molar-refractivity contribution in [3.05, 3.63) is 0 Å². The number of rotatable bonds is 8. The van der Waals surface area contributed by atoms with Crippen LogP contribution in [0.4, 0.5) is 0 Å². The fourth-order valence-corrected chi connectivity index (χ4v) is 0.985. The molecule has 17 heavy (non-hydrogen) atoms. The quantitative estimate of drug-likeness (QED) is 0.305. The van der Waals surface area contributed by atoms with E-state index < -0.39 is 17.5 Å². The van der Waals surface area contributed by atoms with Gasteiger partial charge in [0.15, 0.2) is 0 Å². The summed E-state index contributed by atoms with van der Waals surface area (Å²) >= 11 is 0. The van der Waals surface area contributed by atoms with Crippen LogP contribution in [-0.4, -0.2) is 90.3 Å². The first-order chi connectivity index (χ1) is 6.90. The maximum atomic E-state index is 10.2. The topological polar surface area (TPSA) is 121 Å². The van der Waals surface area contributed by atoms with Crippen molar-refractivity contribution in [2.45, 2.75) is 32.8 Å². The molecule has 0 aromatic heterocycles. The fourth-order valence-electron chi connectivity index (χ4n) is 0.985. The van der Waals surface area contributed by atoms with E-state index in [9.17, 15) is 9.90 Å². The number of hydrogen-bond acceptors (Lipinski definition) is 4. The molecule has 0 heterocycles. The summed E-state index contributed by atoms with van der Waals surface area (Å²) in [6, 6.07) is 0. The molecule has 0 aliphatic rings. The second-order valence-corrected chi connectivity index (χ2v) is 4.36. The number of carbonyl (C=O) groups is 1. The Bertz CT molecular complexity index is 201. The molecule has 0 saturated heterocycles. The normalized spacial score (nSPS) is 12.2. The van der Waals surface area contributed by atoms with Crippen LogP contribution >= 0.6 is 0 Å². The number of hydrogen-bond donors (Lipinski definition) is 4. The first-order valence-corrected chi connectivity index (χ1v) is 5.11. The number of carboxylic acids is 1.